The minimum atomic E-state index is -2.24. The van der Waals surface area contributed by atoms with E-state index in [1.165, 1.54) is 0 Å². The van der Waals surface area contributed by atoms with Gasteiger partial charge in [0.05, 0.1) is 12.1 Å². The van der Waals surface area contributed by atoms with Gasteiger partial charge >= 0.3 is 11.9 Å². The van der Waals surface area contributed by atoms with Gasteiger partial charge in [-0.2, -0.15) is 0 Å². The fourth-order valence-electron chi connectivity index (χ4n) is 10.2. The fraction of sp³-hybridized carbons (Fsp3) is 0.525. The van der Waals surface area contributed by atoms with Crippen LogP contribution in [0.2, 0.25) is 18.1 Å². The van der Waals surface area contributed by atoms with Gasteiger partial charge in [-0.15, -0.1) is 0 Å². The highest BCUT2D eigenvalue weighted by Crippen LogP contribution is 2.38. The van der Waals surface area contributed by atoms with Gasteiger partial charge in [-0.3, -0.25) is 9.59 Å². The van der Waals surface area contributed by atoms with Gasteiger partial charge in [-0.1, -0.05) is 180 Å². The lowest BCUT2D eigenvalue weighted by Gasteiger charge is -2.40. The van der Waals surface area contributed by atoms with E-state index in [9.17, 15) is 24.3 Å². The summed E-state index contributed by atoms with van der Waals surface area (Å²) in [6.07, 6.45) is 3.26. The Labute approximate surface area is 421 Å². The molecule has 0 bridgehead atoms. The number of aliphatic hydroxyl groups is 1. The molecule has 0 heterocycles. The van der Waals surface area contributed by atoms with Crippen molar-refractivity contribution in [1.29, 1.82) is 0 Å². The van der Waals surface area contributed by atoms with Crippen molar-refractivity contribution >= 4 is 32.1 Å². The van der Waals surface area contributed by atoms with E-state index < -0.39 is 38.6 Å². The molecular weight excluding hydrogens is 893 g/mol. The molecule has 3 N–H and O–H groups in total. The first-order valence-corrected chi connectivity index (χ1v) is 28.2. The number of rotatable bonds is 19. The van der Waals surface area contributed by atoms with Crippen molar-refractivity contribution < 1.29 is 38.2 Å². The molecule has 0 radical (unpaired) electrons. The van der Waals surface area contributed by atoms with Crippen molar-refractivity contribution in [2.75, 3.05) is 0 Å². The molecule has 0 saturated heterocycles. The lowest BCUT2D eigenvalue weighted by atomic mass is 9.75. The molecule has 2 amide bonds. The first kappa shape index (κ1) is 57.5. The molecule has 2 aliphatic carbocycles. The third-order valence-electron chi connectivity index (χ3n) is 14.8. The zero-order valence-corrected chi connectivity index (χ0v) is 43.6. The molecule has 70 heavy (non-hydrogen) atoms. The number of hydrogen-bond acceptors (Lipinski definition) is 8. The van der Waals surface area contributed by atoms with Crippen LogP contribution in [-0.2, 0) is 23.5 Å². The first-order valence-electron chi connectivity index (χ1n) is 25.7. The van der Waals surface area contributed by atoms with Crippen molar-refractivity contribution in [1.82, 2.24) is 10.6 Å². The second-order valence-corrected chi connectivity index (χ2v) is 25.0. The van der Waals surface area contributed by atoms with Crippen LogP contribution in [0.3, 0.4) is 0 Å². The zero-order valence-electron chi connectivity index (χ0n) is 42.6. The van der Waals surface area contributed by atoms with Crippen molar-refractivity contribution in [2.24, 2.45) is 35.5 Å². The van der Waals surface area contributed by atoms with E-state index in [-0.39, 0.29) is 43.3 Å². The van der Waals surface area contributed by atoms with Crippen LogP contribution in [0.15, 0.2) is 121 Å². The average Bonchev–Trinajstić information content (AvgIpc) is 3.36. The number of hydrogen-bond donors (Lipinski definition) is 3. The monoisotopic (exact) mass is 977 g/mol. The van der Waals surface area contributed by atoms with Gasteiger partial charge in [0.1, 0.15) is 12.2 Å². The van der Waals surface area contributed by atoms with E-state index in [1.54, 1.807) is 48.5 Å². The normalized spacial score (nSPS) is 21.9. The Kier molecular flexibility index (Phi) is 23.0. The summed E-state index contributed by atoms with van der Waals surface area (Å²) in [4.78, 5) is 53.3. The van der Waals surface area contributed by atoms with Crippen LogP contribution in [0.5, 0.6) is 0 Å². The van der Waals surface area contributed by atoms with E-state index in [4.69, 9.17) is 13.9 Å². The highest BCUT2D eigenvalue weighted by molar-refractivity contribution is 6.73. The third-order valence-corrected chi connectivity index (χ3v) is 19.4. The number of nitrogens with one attached hydrogen (secondary N) is 2. The van der Waals surface area contributed by atoms with Crippen LogP contribution in [0, 0.1) is 35.5 Å². The van der Waals surface area contributed by atoms with E-state index in [2.05, 4.69) is 72.9 Å². The van der Waals surface area contributed by atoms with Crippen LogP contribution in [0.1, 0.15) is 152 Å². The first-order chi connectivity index (χ1) is 33.1. The molecule has 0 spiro atoms. The van der Waals surface area contributed by atoms with Crippen LogP contribution in [-0.4, -0.2) is 61.6 Å². The Morgan fingerprint density at radius 1 is 0.557 bits per heavy atom. The van der Waals surface area contributed by atoms with Crippen LogP contribution < -0.4 is 10.6 Å². The maximum atomic E-state index is 14.2. The molecule has 382 valence electrons. The summed E-state index contributed by atoms with van der Waals surface area (Å²) in [6.45, 7) is 19.6. The summed E-state index contributed by atoms with van der Waals surface area (Å²) in [5.41, 5.74) is 2.49. The van der Waals surface area contributed by atoms with Crippen molar-refractivity contribution in [2.45, 2.75) is 163 Å². The summed E-state index contributed by atoms with van der Waals surface area (Å²) < 4.78 is 19.1. The van der Waals surface area contributed by atoms with E-state index >= 15 is 0 Å². The number of ether oxygens (including phenoxy) is 2. The topological polar surface area (TPSA) is 140 Å². The maximum absolute atomic E-state index is 14.2. The Hall–Kier alpha value is -5.10. The van der Waals surface area contributed by atoms with Gasteiger partial charge in [0.15, 0.2) is 20.5 Å². The Morgan fingerprint density at radius 3 is 1.30 bits per heavy atom. The second-order valence-electron chi connectivity index (χ2n) is 20.3. The maximum Gasteiger partial charge on any atom is 0.337 e. The Balaban J connectivity index is 0.000000306. The standard InChI is InChI=1S/C32H47NO4Si.C26H33NO4.CH4/c1-7-38(8-2,9-3)37-30(32(35)36-28-22-24(6)20-21-27(28)23(4)5)29(25-16-12-10-13-17-25)33-31(34)26-18-14-11-15-19-26;1-17(2)21-15-14-18(3)16-22(21)31-26(30)24(28)23(19-10-6-4-7-11-19)27-25(29)20-12-8-5-9-13-20;/h10-19,23-24,27-30H,7-9,20-22H2,1-6H3,(H,33,34);4-13,17-18,21-24,28H,14-16H2,1-3H3,(H,27,29);1H4/t24?,27-,28?,29?,30?;18?,21-,22?,23-,24-;/m11./s1. The molecule has 0 aromatic heterocycles. The largest absolute Gasteiger partial charge is 0.460 e. The zero-order chi connectivity index (χ0) is 50.1. The number of carbonyl (C=O) groups is 4. The van der Waals surface area contributed by atoms with Crippen molar-refractivity contribution in [3.05, 3.63) is 144 Å². The van der Waals surface area contributed by atoms with Gasteiger partial charge in [0, 0.05) is 11.1 Å². The summed E-state index contributed by atoms with van der Waals surface area (Å²) in [6, 6.07) is 37.8. The van der Waals surface area contributed by atoms with Crippen molar-refractivity contribution in [3.8, 4) is 0 Å². The van der Waals surface area contributed by atoms with Crippen LogP contribution >= 0.6 is 0 Å². The molecule has 0 aliphatic heterocycles. The fourth-order valence-corrected chi connectivity index (χ4v) is 13.0. The summed E-state index contributed by atoms with van der Waals surface area (Å²) >= 11 is 0. The number of benzene rings is 4. The van der Waals surface area contributed by atoms with E-state index in [0.29, 0.717) is 46.3 Å². The number of esters is 2. The number of carbonyl (C=O) groups excluding carboxylic acids is 4. The van der Waals surface area contributed by atoms with E-state index in [0.717, 1.165) is 62.2 Å². The molecule has 11 heteroatoms. The Bertz CT molecular complexity index is 2160. The molecule has 4 aromatic carbocycles. The molecule has 2 saturated carbocycles. The van der Waals surface area contributed by atoms with Gasteiger partial charge in [-0.05, 0) is 115 Å². The highest BCUT2D eigenvalue weighted by Gasteiger charge is 2.44. The number of amides is 2. The SMILES string of the molecule is C.CC1CC[C@H](C(C)C)C(OC(=O)[C@H](O)[C@H](NC(=O)c2ccccc2)c2ccccc2)C1.CC[Si](CC)(CC)OC(C(=O)OC1CC(C)CC[C@@H]1C(C)C)C(NC(=O)c1ccccc1)c1ccccc1. The highest BCUT2D eigenvalue weighted by atomic mass is 28.4. The predicted molar refractivity (Wildman–Crippen MR) is 283 cm³/mol. The lowest BCUT2D eigenvalue weighted by molar-refractivity contribution is -0.168. The molecule has 4 aromatic rings. The number of aliphatic hydroxyl groups excluding tert-OH is 1. The van der Waals surface area contributed by atoms with Gasteiger partial charge in [0.25, 0.3) is 11.8 Å². The molecule has 10 atom stereocenters. The average molecular weight is 977 g/mol. The van der Waals surface area contributed by atoms with Crippen LogP contribution in [0.4, 0.5) is 0 Å². The summed E-state index contributed by atoms with van der Waals surface area (Å²) in [7, 11) is -2.24. The third kappa shape index (κ3) is 16.0. The lowest BCUT2D eigenvalue weighted by Crippen LogP contribution is -2.51. The minimum absolute atomic E-state index is 0. The molecule has 6 rings (SSSR count). The second kappa shape index (κ2) is 28.1. The molecule has 6 unspecified atom stereocenters. The Morgan fingerprint density at radius 2 is 0.914 bits per heavy atom. The van der Waals surface area contributed by atoms with E-state index in [1.807, 2.05) is 72.8 Å². The smallest absolute Gasteiger partial charge is 0.337 e. The van der Waals surface area contributed by atoms with Gasteiger partial charge < -0.3 is 29.6 Å². The van der Waals surface area contributed by atoms with Crippen molar-refractivity contribution in [3.63, 3.8) is 0 Å². The van der Waals surface area contributed by atoms with Crippen LogP contribution in [0.25, 0.3) is 0 Å². The minimum Gasteiger partial charge on any atom is -0.460 e. The quantitative estimate of drug-likeness (QED) is 0.0623. The molecule has 2 aliphatic rings. The van der Waals surface area contributed by atoms with Gasteiger partial charge in [-0.25, -0.2) is 9.59 Å². The van der Waals surface area contributed by atoms with Gasteiger partial charge in [0.2, 0.25) is 0 Å². The molecular formula is C59H84N2O8Si. The molecule has 10 nitrogen and oxygen atoms in total. The summed E-state index contributed by atoms with van der Waals surface area (Å²) in [5.74, 6) is 0.792. The summed E-state index contributed by atoms with van der Waals surface area (Å²) in [5, 5.41) is 16.9. The predicted octanol–water partition coefficient (Wildman–Crippen LogP) is 12.7. The molecule has 2 fully saturated rings.